The first-order valence-electron chi connectivity index (χ1n) is 6.09. The van der Waals surface area contributed by atoms with E-state index in [4.69, 9.17) is 15.2 Å². The van der Waals surface area contributed by atoms with Gasteiger partial charge in [-0.15, -0.1) is 0 Å². The quantitative estimate of drug-likeness (QED) is 0.668. The fraction of sp³-hybridized carbons (Fsp3) is 0.200. The third-order valence-corrected chi connectivity index (χ3v) is 4.62. The maximum Gasteiger partial charge on any atom is 0.133 e. The molecular formula is C15H14Br3NO2. The average Bonchev–Trinajstić information content (AvgIpc) is 2.45. The van der Waals surface area contributed by atoms with Crippen LogP contribution in [0.3, 0.4) is 0 Å². The van der Waals surface area contributed by atoms with Gasteiger partial charge in [0.05, 0.1) is 24.7 Å². The second-order valence-electron chi connectivity index (χ2n) is 4.41. The molecule has 3 nitrogen and oxygen atoms in total. The predicted molar refractivity (Wildman–Crippen MR) is 95.1 cm³/mol. The molecule has 2 rings (SSSR count). The van der Waals surface area contributed by atoms with Gasteiger partial charge in [-0.3, -0.25) is 0 Å². The highest BCUT2D eigenvalue weighted by atomic mass is 79.9. The Morgan fingerprint density at radius 1 is 0.857 bits per heavy atom. The Balaban J connectivity index is 2.53. The first kappa shape index (κ1) is 16.8. The number of methoxy groups -OCH3 is 2. The van der Waals surface area contributed by atoms with Gasteiger partial charge in [0.25, 0.3) is 0 Å². The fourth-order valence-electron chi connectivity index (χ4n) is 2.06. The van der Waals surface area contributed by atoms with Crippen molar-refractivity contribution in [2.45, 2.75) is 6.04 Å². The lowest BCUT2D eigenvalue weighted by Gasteiger charge is -2.18. The minimum Gasteiger partial charge on any atom is -0.496 e. The first-order chi connectivity index (χ1) is 9.96. The van der Waals surface area contributed by atoms with Crippen LogP contribution in [0.2, 0.25) is 0 Å². The number of hydrogen-bond donors (Lipinski definition) is 1. The van der Waals surface area contributed by atoms with Crippen molar-refractivity contribution >= 4 is 47.8 Å². The number of ether oxygens (including phenoxy) is 2. The van der Waals surface area contributed by atoms with Gasteiger partial charge >= 0.3 is 0 Å². The second kappa shape index (κ2) is 7.13. The molecule has 0 aliphatic rings. The third-order valence-electron chi connectivity index (χ3n) is 3.08. The maximum atomic E-state index is 6.41. The SMILES string of the molecule is COc1cc(C(N)c2cc(Br)cc(Br)c2)c(OC)cc1Br. The zero-order chi connectivity index (χ0) is 15.6. The van der Waals surface area contributed by atoms with Crippen LogP contribution in [-0.2, 0) is 0 Å². The van der Waals surface area contributed by atoms with Crippen molar-refractivity contribution in [2.24, 2.45) is 5.73 Å². The van der Waals surface area contributed by atoms with E-state index in [1.165, 1.54) is 0 Å². The number of nitrogens with two attached hydrogens (primary N) is 1. The standard InChI is InChI=1S/C15H14Br3NO2/c1-20-13-7-12(18)14(21-2)6-11(13)15(19)8-3-9(16)5-10(17)4-8/h3-7,15H,19H2,1-2H3. The molecule has 0 radical (unpaired) electrons. The molecule has 0 heterocycles. The molecule has 6 heteroatoms. The van der Waals surface area contributed by atoms with Crippen LogP contribution in [0, 0.1) is 0 Å². The highest BCUT2D eigenvalue weighted by Crippen LogP contribution is 2.38. The van der Waals surface area contributed by atoms with Gasteiger partial charge in [0, 0.05) is 14.5 Å². The number of benzene rings is 2. The summed E-state index contributed by atoms with van der Waals surface area (Å²) in [5.41, 5.74) is 8.25. The van der Waals surface area contributed by atoms with Crippen molar-refractivity contribution in [2.75, 3.05) is 14.2 Å². The summed E-state index contributed by atoms with van der Waals surface area (Å²) in [7, 11) is 3.25. The van der Waals surface area contributed by atoms with Crippen LogP contribution in [0.25, 0.3) is 0 Å². The van der Waals surface area contributed by atoms with E-state index in [-0.39, 0.29) is 6.04 Å². The Morgan fingerprint density at radius 2 is 1.43 bits per heavy atom. The fourth-order valence-corrected chi connectivity index (χ4v) is 3.87. The molecule has 1 unspecified atom stereocenters. The van der Waals surface area contributed by atoms with Gasteiger partial charge in [-0.2, -0.15) is 0 Å². The van der Waals surface area contributed by atoms with Crippen molar-refractivity contribution in [1.29, 1.82) is 0 Å². The van der Waals surface area contributed by atoms with E-state index in [1.54, 1.807) is 14.2 Å². The predicted octanol–water partition coefficient (Wildman–Crippen LogP) is 5.04. The topological polar surface area (TPSA) is 44.5 Å². The van der Waals surface area contributed by atoms with E-state index in [0.717, 1.165) is 30.3 Å². The Morgan fingerprint density at radius 3 is 1.95 bits per heavy atom. The monoisotopic (exact) mass is 477 g/mol. The summed E-state index contributed by atoms with van der Waals surface area (Å²) in [5, 5.41) is 0. The Kier molecular flexibility index (Phi) is 5.71. The highest BCUT2D eigenvalue weighted by Gasteiger charge is 2.18. The smallest absolute Gasteiger partial charge is 0.133 e. The molecule has 2 aromatic rings. The number of rotatable bonds is 4. The normalized spacial score (nSPS) is 12.1. The molecule has 1 atom stereocenters. The van der Waals surface area contributed by atoms with Crippen molar-refractivity contribution in [3.05, 3.63) is 54.9 Å². The van der Waals surface area contributed by atoms with Crippen LogP contribution in [0.15, 0.2) is 43.7 Å². The van der Waals surface area contributed by atoms with Crippen LogP contribution >= 0.6 is 47.8 Å². The highest BCUT2D eigenvalue weighted by molar-refractivity contribution is 9.11. The van der Waals surface area contributed by atoms with E-state index >= 15 is 0 Å². The summed E-state index contributed by atoms with van der Waals surface area (Å²) >= 11 is 10.4. The lowest BCUT2D eigenvalue weighted by molar-refractivity contribution is 0.395. The van der Waals surface area contributed by atoms with Gasteiger partial charge in [-0.05, 0) is 51.8 Å². The molecule has 0 fully saturated rings. The van der Waals surface area contributed by atoms with Crippen molar-refractivity contribution < 1.29 is 9.47 Å². The van der Waals surface area contributed by atoms with E-state index in [9.17, 15) is 0 Å². The summed E-state index contributed by atoms with van der Waals surface area (Å²) in [5.74, 6) is 1.43. The molecule has 21 heavy (non-hydrogen) atoms. The summed E-state index contributed by atoms with van der Waals surface area (Å²) in [6.07, 6.45) is 0. The van der Waals surface area contributed by atoms with Crippen LogP contribution in [-0.4, -0.2) is 14.2 Å². The van der Waals surface area contributed by atoms with Crippen LogP contribution in [0.5, 0.6) is 11.5 Å². The second-order valence-corrected chi connectivity index (χ2v) is 7.09. The molecule has 0 amide bonds. The lowest BCUT2D eigenvalue weighted by Crippen LogP contribution is -2.13. The van der Waals surface area contributed by atoms with Crippen molar-refractivity contribution in [1.82, 2.24) is 0 Å². The van der Waals surface area contributed by atoms with Gasteiger partial charge in [0.15, 0.2) is 0 Å². The molecule has 2 N–H and O–H groups in total. The van der Waals surface area contributed by atoms with Gasteiger partial charge in [0.1, 0.15) is 11.5 Å². The molecule has 0 saturated heterocycles. The van der Waals surface area contributed by atoms with E-state index in [0.29, 0.717) is 5.75 Å². The van der Waals surface area contributed by atoms with E-state index < -0.39 is 0 Å². The molecule has 0 bridgehead atoms. The summed E-state index contributed by atoms with van der Waals surface area (Å²) in [6.45, 7) is 0. The Labute approximate surface area is 149 Å². The third kappa shape index (κ3) is 3.80. The Hall–Kier alpha value is -0.560. The van der Waals surface area contributed by atoms with Gasteiger partial charge in [-0.25, -0.2) is 0 Å². The maximum absolute atomic E-state index is 6.41. The zero-order valence-electron chi connectivity index (χ0n) is 11.5. The molecule has 2 aromatic carbocycles. The van der Waals surface area contributed by atoms with Crippen molar-refractivity contribution in [3.8, 4) is 11.5 Å². The van der Waals surface area contributed by atoms with Crippen LogP contribution < -0.4 is 15.2 Å². The Bertz CT molecular complexity index is 641. The molecule has 0 aliphatic heterocycles. The molecule has 0 spiro atoms. The van der Waals surface area contributed by atoms with E-state index in [1.807, 2.05) is 30.3 Å². The largest absolute Gasteiger partial charge is 0.496 e. The van der Waals surface area contributed by atoms with Crippen LogP contribution in [0.4, 0.5) is 0 Å². The summed E-state index contributed by atoms with van der Waals surface area (Å²) < 4.78 is 13.5. The summed E-state index contributed by atoms with van der Waals surface area (Å²) in [6, 6.07) is 9.38. The van der Waals surface area contributed by atoms with Gasteiger partial charge < -0.3 is 15.2 Å². The van der Waals surface area contributed by atoms with Gasteiger partial charge in [0.2, 0.25) is 0 Å². The summed E-state index contributed by atoms with van der Waals surface area (Å²) in [4.78, 5) is 0. The number of halogens is 3. The molecule has 0 saturated carbocycles. The lowest BCUT2D eigenvalue weighted by atomic mass is 9.98. The minimum absolute atomic E-state index is 0.323. The molecule has 112 valence electrons. The average molecular weight is 480 g/mol. The molecule has 0 aliphatic carbocycles. The first-order valence-corrected chi connectivity index (χ1v) is 8.47. The number of hydrogen-bond acceptors (Lipinski definition) is 3. The van der Waals surface area contributed by atoms with Gasteiger partial charge in [-0.1, -0.05) is 31.9 Å². The van der Waals surface area contributed by atoms with E-state index in [2.05, 4.69) is 47.8 Å². The minimum atomic E-state index is -0.323. The molecule has 0 aromatic heterocycles. The zero-order valence-corrected chi connectivity index (χ0v) is 16.2. The van der Waals surface area contributed by atoms with Crippen molar-refractivity contribution in [3.63, 3.8) is 0 Å². The molecular weight excluding hydrogens is 466 g/mol. The van der Waals surface area contributed by atoms with Crippen LogP contribution in [0.1, 0.15) is 17.2 Å².